The van der Waals surface area contributed by atoms with Crippen LogP contribution in [0.5, 0.6) is 17.2 Å². The smallest absolute Gasteiger partial charge is 0.255 e. The number of hydrogen-bond acceptors (Lipinski definition) is 5. The second-order valence-corrected chi connectivity index (χ2v) is 8.87. The lowest BCUT2D eigenvalue weighted by Crippen LogP contribution is -2.39. The molecule has 3 aromatic carbocycles. The molecule has 7 nitrogen and oxygen atoms in total. The summed E-state index contributed by atoms with van der Waals surface area (Å²) in [5, 5.41) is 3.38. The molecule has 1 atom stereocenters. The number of methoxy groups -OCH3 is 3. The minimum Gasteiger partial charge on any atom is -0.493 e. The van der Waals surface area contributed by atoms with E-state index >= 15 is 0 Å². The molecule has 0 radical (unpaired) electrons. The number of ether oxygens (including phenoxy) is 3. The van der Waals surface area contributed by atoms with Crippen LogP contribution in [-0.4, -0.2) is 44.6 Å². The molecule has 0 bridgehead atoms. The number of halogens is 2. The van der Waals surface area contributed by atoms with Gasteiger partial charge in [-0.25, -0.2) is 0 Å². The van der Waals surface area contributed by atoms with Crippen LogP contribution >= 0.6 is 27.5 Å². The Morgan fingerprint density at radius 1 is 1.00 bits per heavy atom. The van der Waals surface area contributed by atoms with Crippen molar-refractivity contribution < 1.29 is 23.8 Å². The average Bonchev–Trinajstić information content (AvgIpc) is 2.98. The molecule has 4 rings (SSSR count). The summed E-state index contributed by atoms with van der Waals surface area (Å²) in [5.41, 5.74) is 2.31. The number of nitrogens with zero attached hydrogens (tertiary/aromatic N) is 1. The molecule has 0 aromatic heterocycles. The van der Waals surface area contributed by atoms with E-state index in [1.807, 2.05) is 30.3 Å². The largest absolute Gasteiger partial charge is 0.493 e. The number of carbonyl (C=O) groups excluding carboxylic acids is 2. The number of carbonyl (C=O) groups is 2. The van der Waals surface area contributed by atoms with Gasteiger partial charge in [-0.3, -0.25) is 9.59 Å². The van der Waals surface area contributed by atoms with Crippen LogP contribution in [0.4, 0.5) is 5.69 Å². The third-order valence-corrected chi connectivity index (χ3v) is 6.42. The summed E-state index contributed by atoms with van der Waals surface area (Å²) in [4.78, 5) is 28.3. The van der Waals surface area contributed by atoms with E-state index in [0.717, 1.165) is 10.0 Å². The minimum absolute atomic E-state index is 0.183. The fourth-order valence-electron chi connectivity index (χ4n) is 4.07. The van der Waals surface area contributed by atoms with E-state index in [1.54, 1.807) is 24.3 Å². The Kier molecular flexibility index (Phi) is 7.00. The van der Waals surface area contributed by atoms with Crippen LogP contribution in [0.3, 0.4) is 0 Å². The lowest BCUT2D eigenvalue weighted by molar-refractivity contribution is -0.117. The van der Waals surface area contributed by atoms with Gasteiger partial charge in [0.2, 0.25) is 11.7 Å². The number of rotatable bonds is 5. The maximum Gasteiger partial charge on any atom is 0.255 e. The SMILES string of the molecule is COc1cc(C(=O)N2CC(=O)Nc3ccc(Br)cc3[C@H]2c2ccccc2Cl)cc(OC)c1OC. The van der Waals surface area contributed by atoms with Crippen molar-refractivity contribution in [3.05, 3.63) is 80.8 Å². The third-order valence-electron chi connectivity index (χ3n) is 5.58. The normalized spacial score (nSPS) is 15.1. The topological polar surface area (TPSA) is 77.1 Å². The maximum atomic E-state index is 14.0. The highest BCUT2D eigenvalue weighted by molar-refractivity contribution is 9.10. The van der Waals surface area contributed by atoms with E-state index in [4.69, 9.17) is 25.8 Å². The summed E-state index contributed by atoms with van der Waals surface area (Å²) < 4.78 is 17.0. The molecule has 0 unspecified atom stereocenters. The molecule has 1 aliphatic heterocycles. The molecule has 3 aromatic rings. The van der Waals surface area contributed by atoms with Gasteiger partial charge in [0.25, 0.3) is 5.91 Å². The molecule has 176 valence electrons. The van der Waals surface area contributed by atoms with E-state index in [2.05, 4.69) is 21.2 Å². The zero-order valence-electron chi connectivity index (χ0n) is 18.7. The standard InChI is InChI=1S/C25H22BrClN2O5/c1-32-20-10-14(11-21(33-2)24(20)34-3)25(31)29-13-22(30)28-19-9-8-15(26)12-17(19)23(29)16-6-4-5-7-18(16)27/h4-12,23H,13H2,1-3H3,(H,28,30)/t23-/m1/s1. The van der Waals surface area contributed by atoms with Crippen molar-refractivity contribution in [1.29, 1.82) is 0 Å². The average molecular weight is 546 g/mol. The lowest BCUT2D eigenvalue weighted by Gasteiger charge is -2.31. The molecule has 1 aliphatic rings. The van der Waals surface area contributed by atoms with Crippen molar-refractivity contribution in [3.63, 3.8) is 0 Å². The number of benzene rings is 3. The highest BCUT2D eigenvalue weighted by Gasteiger charge is 2.35. The summed E-state index contributed by atoms with van der Waals surface area (Å²) in [6, 6.07) is 15.3. The molecule has 0 aliphatic carbocycles. The van der Waals surface area contributed by atoms with Gasteiger partial charge in [0, 0.05) is 26.3 Å². The van der Waals surface area contributed by atoms with Crippen molar-refractivity contribution in [2.45, 2.75) is 6.04 Å². The van der Waals surface area contributed by atoms with Gasteiger partial charge < -0.3 is 24.4 Å². The van der Waals surface area contributed by atoms with E-state index in [0.29, 0.717) is 33.5 Å². The number of nitrogens with one attached hydrogen (secondary N) is 1. The first kappa shape index (κ1) is 23.9. The molecule has 0 spiro atoms. The van der Waals surface area contributed by atoms with Crippen molar-refractivity contribution in [1.82, 2.24) is 4.90 Å². The van der Waals surface area contributed by atoms with Crippen molar-refractivity contribution in [2.24, 2.45) is 0 Å². The monoisotopic (exact) mass is 544 g/mol. The second-order valence-electron chi connectivity index (χ2n) is 7.55. The lowest BCUT2D eigenvalue weighted by atomic mass is 9.95. The zero-order chi connectivity index (χ0) is 24.4. The Balaban J connectivity index is 1.92. The summed E-state index contributed by atoms with van der Waals surface area (Å²) >= 11 is 10.1. The first-order valence-electron chi connectivity index (χ1n) is 10.3. The molecular weight excluding hydrogens is 524 g/mol. The third kappa shape index (κ3) is 4.43. The van der Waals surface area contributed by atoms with Gasteiger partial charge in [0.1, 0.15) is 6.54 Å². The van der Waals surface area contributed by atoms with E-state index in [-0.39, 0.29) is 18.0 Å². The first-order valence-corrected chi connectivity index (χ1v) is 11.5. The van der Waals surface area contributed by atoms with Crippen LogP contribution < -0.4 is 19.5 Å². The van der Waals surface area contributed by atoms with Crippen LogP contribution in [0.1, 0.15) is 27.5 Å². The van der Waals surface area contributed by atoms with E-state index in [1.165, 1.54) is 26.2 Å². The van der Waals surface area contributed by atoms with Crippen LogP contribution in [0.2, 0.25) is 5.02 Å². The van der Waals surface area contributed by atoms with Crippen LogP contribution in [-0.2, 0) is 4.79 Å². The molecule has 34 heavy (non-hydrogen) atoms. The van der Waals surface area contributed by atoms with Gasteiger partial charge in [-0.15, -0.1) is 0 Å². The van der Waals surface area contributed by atoms with Gasteiger partial charge in [-0.1, -0.05) is 45.7 Å². The van der Waals surface area contributed by atoms with E-state index < -0.39 is 11.9 Å². The van der Waals surface area contributed by atoms with Crippen molar-refractivity contribution in [2.75, 3.05) is 33.2 Å². The van der Waals surface area contributed by atoms with Gasteiger partial charge in [0.15, 0.2) is 11.5 Å². The number of anilines is 1. The fourth-order valence-corrected chi connectivity index (χ4v) is 4.69. The minimum atomic E-state index is -0.633. The molecule has 0 saturated carbocycles. The number of fused-ring (bicyclic) bond motifs is 1. The van der Waals surface area contributed by atoms with Gasteiger partial charge in [0.05, 0.1) is 27.4 Å². The van der Waals surface area contributed by atoms with Crippen LogP contribution in [0, 0.1) is 0 Å². The van der Waals surface area contributed by atoms with Gasteiger partial charge in [-0.2, -0.15) is 0 Å². The molecule has 0 fully saturated rings. The molecule has 1 N–H and O–H groups in total. The molecule has 9 heteroatoms. The first-order chi connectivity index (χ1) is 16.4. The van der Waals surface area contributed by atoms with Crippen LogP contribution in [0.15, 0.2) is 59.1 Å². The van der Waals surface area contributed by atoms with Crippen LogP contribution in [0.25, 0.3) is 0 Å². The van der Waals surface area contributed by atoms with Crippen molar-refractivity contribution >= 4 is 45.0 Å². The zero-order valence-corrected chi connectivity index (χ0v) is 21.1. The summed E-state index contributed by atoms with van der Waals surface area (Å²) in [6.07, 6.45) is 0. The Morgan fingerprint density at radius 3 is 2.29 bits per heavy atom. The van der Waals surface area contributed by atoms with Crippen molar-refractivity contribution in [3.8, 4) is 17.2 Å². The van der Waals surface area contributed by atoms with Gasteiger partial charge in [-0.05, 0) is 42.0 Å². The number of hydrogen-bond donors (Lipinski definition) is 1. The summed E-state index contributed by atoms with van der Waals surface area (Å²) in [6.45, 7) is -0.183. The highest BCUT2D eigenvalue weighted by Crippen LogP contribution is 2.42. The quantitative estimate of drug-likeness (QED) is 0.470. The highest BCUT2D eigenvalue weighted by atomic mass is 79.9. The molecule has 0 saturated heterocycles. The predicted molar refractivity (Wildman–Crippen MR) is 133 cm³/mol. The number of amides is 2. The Hall–Kier alpha value is -3.23. The predicted octanol–water partition coefficient (Wildman–Crippen LogP) is 5.31. The van der Waals surface area contributed by atoms with E-state index in [9.17, 15) is 9.59 Å². The summed E-state index contributed by atoms with van der Waals surface area (Å²) in [5.74, 6) is 0.321. The molecule has 2 amide bonds. The molecular formula is C25H22BrClN2O5. The Morgan fingerprint density at radius 2 is 1.68 bits per heavy atom. The second kappa shape index (κ2) is 9.95. The van der Waals surface area contributed by atoms with Gasteiger partial charge >= 0.3 is 0 Å². The molecule has 1 heterocycles. The maximum absolute atomic E-state index is 14.0. The Bertz CT molecular complexity index is 1240. The fraction of sp³-hybridized carbons (Fsp3) is 0.200. The Labute approximate surface area is 210 Å². The summed E-state index contributed by atoms with van der Waals surface area (Å²) in [7, 11) is 4.44.